The molecule has 3 N–H and O–H groups in total. The third-order valence-corrected chi connectivity index (χ3v) is 5.80. The average molecular weight is 298 g/mol. The largest absolute Gasteiger partial charge is 0.495 e. The maximum Gasteiger partial charge on any atom is 0.152 e. The molecular formula is C14H22N2O3S. The van der Waals surface area contributed by atoms with Gasteiger partial charge in [-0.15, -0.1) is 0 Å². The highest BCUT2D eigenvalue weighted by atomic mass is 32.2. The Morgan fingerprint density at radius 1 is 1.45 bits per heavy atom. The Kier molecular flexibility index (Phi) is 4.25. The van der Waals surface area contributed by atoms with E-state index in [1.807, 2.05) is 24.3 Å². The van der Waals surface area contributed by atoms with Crippen LogP contribution in [0.2, 0.25) is 0 Å². The van der Waals surface area contributed by atoms with E-state index >= 15 is 0 Å². The van der Waals surface area contributed by atoms with Gasteiger partial charge >= 0.3 is 0 Å². The number of hydrogen-bond acceptors (Lipinski definition) is 5. The zero-order valence-electron chi connectivity index (χ0n) is 11.9. The lowest BCUT2D eigenvalue weighted by molar-refractivity contribution is 0.412. The number of methoxy groups -OCH3 is 1. The molecule has 0 spiro atoms. The van der Waals surface area contributed by atoms with Gasteiger partial charge in [0.05, 0.1) is 23.6 Å². The minimum absolute atomic E-state index is 0.281. The van der Waals surface area contributed by atoms with E-state index in [0.717, 1.165) is 18.5 Å². The van der Waals surface area contributed by atoms with E-state index in [4.69, 9.17) is 10.5 Å². The lowest BCUT2D eigenvalue weighted by Crippen LogP contribution is -2.54. The molecule has 2 unspecified atom stereocenters. The molecule has 20 heavy (non-hydrogen) atoms. The molecule has 1 aliphatic carbocycles. The number of sulfone groups is 1. The SMILES string of the molecule is COc1ccccc1NC1(CN)CCCC1S(C)(=O)=O. The van der Waals surface area contributed by atoms with Crippen molar-refractivity contribution in [2.45, 2.75) is 30.1 Å². The lowest BCUT2D eigenvalue weighted by Gasteiger charge is -2.35. The van der Waals surface area contributed by atoms with Crippen LogP contribution in [0.5, 0.6) is 5.75 Å². The van der Waals surface area contributed by atoms with Gasteiger partial charge in [0.2, 0.25) is 0 Å². The highest BCUT2D eigenvalue weighted by molar-refractivity contribution is 7.91. The van der Waals surface area contributed by atoms with Gasteiger partial charge in [0, 0.05) is 12.8 Å². The normalized spacial score (nSPS) is 26.4. The van der Waals surface area contributed by atoms with E-state index in [0.29, 0.717) is 12.2 Å². The van der Waals surface area contributed by atoms with Crippen molar-refractivity contribution in [1.29, 1.82) is 0 Å². The Labute approximate surface area is 120 Å². The van der Waals surface area contributed by atoms with Gasteiger partial charge in [-0.3, -0.25) is 0 Å². The fourth-order valence-electron chi connectivity index (χ4n) is 3.11. The van der Waals surface area contributed by atoms with Crippen LogP contribution in [0.25, 0.3) is 0 Å². The van der Waals surface area contributed by atoms with E-state index in [1.165, 1.54) is 6.26 Å². The van der Waals surface area contributed by atoms with Gasteiger partial charge in [0.15, 0.2) is 9.84 Å². The minimum Gasteiger partial charge on any atom is -0.495 e. The molecule has 0 radical (unpaired) electrons. The summed E-state index contributed by atoms with van der Waals surface area (Å²) in [5.41, 5.74) is 6.11. The number of ether oxygens (including phenoxy) is 1. The molecule has 0 amide bonds. The fraction of sp³-hybridized carbons (Fsp3) is 0.571. The molecule has 0 aromatic heterocycles. The summed E-state index contributed by atoms with van der Waals surface area (Å²) in [7, 11) is -1.55. The van der Waals surface area contributed by atoms with Crippen molar-refractivity contribution in [3.05, 3.63) is 24.3 Å². The Morgan fingerprint density at radius 3 is 2.75 bits per heavy atom. The second-order valence-electron chi connectivity index (χ2n) is 5.40. The molecule has 0 bridgehead atoms. The molecule has 6 heteroatoms. The smallest absolute Gasteiger partial charge is 0.152 e. The van der Waals surface area contributed by atoms with Gasteiger partial charge in [0.25, 0.3) is 0 Å². The zero-order chi connectivity index (χ0) is 14.8. The first-order valence-electron chi connectivity index (χ1n) is 6.73. The lowest BCUT2D eigenvalue weighted by atomic mass is 9.96. The summed E-state index contributed by atoms with van der Waals surface area (Å²) >= 11 is 0. The summed E-state index contributed by atoms with van der Waals surface area (Å²) < 4.78 is 29.4. The van der Waals surface area contributed by atoms with Crippen LogP contribution in [-0.2, 0) is 9.84 Å². The van der Waals surface area contributed by atoms with E-state index in [1.54, 1.807) is 7.11 Å². The summed E-state index contributed by atoms with van der Waals surface area (Å²) in [6, 6.07) is 7.49. The number of nitrogens with two attached hydrogens (primary N) is 1. The van der Waals surface area contributed by atoms with E-state index in [2.05, 4.69) is 5.32 Å². The Bertz CT molecular complexity index is 574. The van der Waals surface area contributed by atoms with Crippen molar-refractivity contribution in [3.8, 4) is 5.75 Å². The van der Waals surface area contributed by atoms with Crippen LogP contribution < -0.4 is 15.8 Å². The average Bonchev–Trinajstić information content (AvgIpc) is 2.84. The summed E-state index contributed by atoms with van der Waals surface area (Å²) in [6.45, 7) is 0.281. The van der Waals surface area contributed by atoms with Crippen molar-refractivity contribution < 1.29 is 13.2 Å². The van der Waals surface area contributed by atoms with E-state index in [-0.39, 0.29) is 6.54 Å². The first kappa shape index (κ1) is 15.1. The second kappa shape index (κ2) is 5.61. The van der Waals surface area contributed by atoms with Gasteiger partial charge in [-0.1, -0.05) is 12.1 Å². The Hall–Kier alpha value is -1.27. The van der Waals surface area contributed by atoms with Crippen LogP contribution in [0.3, 0.4) is 0 Å². The van der Waals surface area contributed by atoms with Crippen molar-refractivity contribution in [2.24, 2.45) is 5.73 Å². The molecule has 1 saturated carbocycles. The summed E-state index contributed by atoms with van der Waals surface area (Å²) in [6.07, 6.45) is 3.55. The van der Waals surface area contributed by atoms with Crippen LogP contribution in [0.4, 0.5) is 5.69 Å². The summed E-state index contributed by atoms with van der Waals surface area (Å²) in [4.78, 5) is 0. The van der Waals surface area contributed by atoms with Crippen LogP contribution in [0.1, 0.15) is 19.3 Å². The predicted octanol–water partition coefficient (Wildman–Crippen LogP) is 1.40. The van der Waals surface area contributed by atoms with Crippen molar-refractivity contribution in [3.63, 3.8) is 0 Å². The maximum atomic E-state index is 12.0. The molecule has 1 aromatic rings. The van der Waals surface area contributed by atoms with Crippen LogP contribution in [-0.4, -0.2) is 39.1 Å². The molecule has 2 atom stereocenters. The van der Waals surface area contributed by atoms with Crippen molar-refractivity contribution >= 4 is 15.5 Å². The molecule has 5 nitrogen and oxygen atoms in total. The monoisotopic (exact) mass is 298 g/mol. The molecule has 0 aliphatic heterocycles. The highest BCUT2D eigenvalue weighted by Crippen LogP contribution is 2.38. The van der Waals surface area contributed by atoms with E-state index in [9.17, 15) is 8.42 Å². The second-order valence-corrected chi connectivity index (χ2v) is 7.62. The van der Waals surface area contributed by atoms with Crippen LogP contribution in [0.15, 0.2) is 24.3 Å². The quantitative estimate of drug-likeness (QED) is 0.859. The van der Waals surface area contributed by atoms with Gasteiger partial charge in [-0.05, 0) is 31.4 Å². The minimum atomic E-state index is -3.15. The van der Waals surface area contributed by atoms with Crippen molar-refractivity contribution in [1.82, 2.24) is 0 Å². The Balaban J connectivity index is 2.37. The third kappa shape index (κ3) is 2.76. The molecule has 2 rings (SSSR count). The van der Waals surface area contributed by atoms with Gasteiger partial charge < -0.3 is 15.8 Å². The molecule has 1 aromatic carbocycles. The topological polar surface area (TPSA) is 81.4 Å². The summed E-state index contributed by atoms with van der Waals surface area (Å²) in [5.74, 6) is 0.694. The highest BCUT2D eigenvalue weighted by Gasteiger charge is 2.47. The van der Waals surface area contributed by atoms with Gasteiger partial charge in [-0.2, -0.15) is 0 Å². The molecule has 0 saturated heterocycles. The standard InChI is InChI=1S/C14H22N2O3S/c1-19-12-7-4-3-6-11(12)16-14(10-15)9-5-8-13(14)20(2,17)18/h3-4,6-7,13,16H,5,8-10,15H2,1-2H3. The molecule has 1 aliphatic rings. The van der Waals surface area contributed by atoms with Gasteiger partial charge in [-0.25, -0.2) is 8.42 Å². The predicted molar refractivity (Wildman–Crippen MR) is 80.9 cm³/mol. The molecule has 0 heterocycles. The summed E-state index contributed by atoms with van der Waals surface area (Å²) in [5, 5.41) is 2.90. The van der Waals surface area contributed by atoms with Crippen LogP contribution >= 0.6 is 0 Å². The molecule has 1 fully saturated rings. The van der Waals surface area contributed by atoms with Crippen molar-refractivity contribution in [2.75, 3.05) is 25.2 Å². The molecule has 112 valence electrons. The zero-order valence-corrected chi connectivity index (χ0v) is 12.7. The third-order valence-electron chi connectivity index (χ3n) is 4.08. The number of benzene rings is 1. The molecular weight excluding hydrogens is 276 g/mol. The van der Waals surface area contributed by atoms with E-state index < -0.39 is 20.6 Å². The number of rotatable bonds is 5. The number of nitrogens with one attached hydrogen (secondary N) is 1. The van der Waals surface area contributed by atoms with Gasteiger partial charge in [0.1, 0.15) is 5.75 Å². The maximum absolute atomic E-state index is 12.0. The number of para-hydroxylation sites is 2. The van der Waals surface area contributed by atoms with Crippen LogP contribution in [0, 0.1) is 0 Å². The Morgan fingerprint density at radius 2 is 2.15 bits per heavy atom. The fourth-order valence-corrected chi connectivity index (χ4v) is 4.80. The number of anilines is 1. The number of hydrogen-bond donors (Lipinski definition) is 2. The first-order valence-corrected chi connectivity index (χ1v) is 8.68. The first-order chi connectivity index (χ1) is 9.43.